The summed E-state index contributed by atoms with van der Waals surface area (Å²) in [6.45, 7) is 0.510. The van der Waals surface area contributed by atoms with E-state index in [1.54, 1.807) is 12.1 Å². The molecule has 0 saturated carbocycles. The second-order valence-corrected chi connectivity index (χ2v) is 4.76. The zero-order valence-corrected chi connectivity index (χ0v) is 11.4. The molecule has 2 aromatic carbocycles. The number of phenols is 1. The lowest BCUT2D eigenvalue weighted by Crippen LogP contribution is -1.95. The molecule has 0 amide bonds. The summed E-state index contributed by atoms with van der Waals surface area (Å²) < 4.78 is 5.28. The van der Waals surface area contributed by atoms with Crippen LogP contribution in [-0.2, 0) is 13.0 Å². The summed E-state index contributed by atoms with van der Waals surface area (Å²) in [7, 11) is 0. The Morgan fingerprint density at radius 3 is 2.29 bits per heavy atom. The standard InChI is InChI=1S/C16H15N3O2/c17-10-12-1-5-13(6-2-12)16-18-15(19-21-16)9-11-3-7-14(20)8-4-11/h1-8,20H,9-10,17H2. The monoisotopic (exact) mass is 281 g/mol. The Labute approximate surface area is 122 Å². The van der Waals surface area contributed by atoms with Gasteiger partial charge in [-0.1, -0.05) is 29.4 Å². The molecule has 3 N–H and O–H groups in total. The van der Waals surface area contributed by atoms with Crippen LogP contribution in [0.2, 0.25) is 0 Å². The van der Waals surface area contributed by atoms with Gasteiger partial charge in [0.2, 0.25) is 0 Å². The van der Waals surface area contributed by atoms with Crippen molar-refractivity contribution in [3.63, 3.8) is 0 Å². The van der Waals surface area contributed by atoms with Crippen molar-refractivity contribution in [2.24, 2.45) is 5.73 Å². The second-order valence-electron chi connectivity index (χ2n) is 4.76. The number of nitrogens with zero attached hydrogens (tertiary/aromatic N) is 2. The van der Waals surface area contributed by atoms with Crippen LogP contribution in [0, 0.1) is 0 Å². The third-order valence-electron chi connectivity index (χ3n) is 3.20. The minimum Gasteiger partial charge on any atom is -0.508 e. The van der Waals surface area contributed by atoms with Crippen LogP contribution >= 0.6 is 0 Å². The van der Waals surface area contributed by atoms with E-state index in [1.807, 2.05) is 36.4 Å². The maximum absolute atomic E-state index is 9.26. The molecule has 0 bridgehead atoms. The van der Waals surface area contributed by atoms with Gasteiger partial charge in [0.25, 0.3) is 5.89 Å². The van der Waals surface area contributed by atoms with Crippen LogP contribution in [0.25, 0.3) is 11.5 Å². The number of aromatic nitrogens is 2. The quantitative estimate of drug-likeness (QED) is 0.767. The van der Waals surface area contributed by atoms with Crippen molar-refractivity contribution in [2.45, 2.75) is 13.0 Å². The lowest BCUT2D eigenvalue weighted by molar-refractivity contribution is 0.424. The average molecular weight is 281 g/mol. The molecular weight excluding hydrogens is 266 g/mol. The summed E-state index contributed by atoms with van der Waals surface area (Å²) in [4.78, 5) is 4.38. The molecule has 0 aliphatic rings. The number of rotatable bonds is 4. The highest BCUT2D eigenvalue weighted by Gasteiger charge is 2.09. The van der Waals surface area contributed by atoms with Crippen LogP contribution in [-0.4, -0.2) is 15.2 Å². The molecule has 0 fully saturated rings. The molecule has 5 heteroatoms. The predicted octanol–water partition coefficient (Wildman–Crippen LogP) is 2.49. The fraction of sp³-hybridized carbons (Fsp3) is 0.125. The lowest BCUT2D eigenvalue weighted by atomic mass is 10.1. The van der Waals surface area contributed by atoms with E-state index in [0.29, 0.717) is 24.7 Å². The number of nitrogens with two attached hydrogens (primary N) is 1. The Kier molecular flexibility index (Phi) is 3.66. The number of hydrogen-bond acceptors (Lipinski definition) is 5. The Hall–Kier alpha value is -2.66. The number of phenolic OH excluding ortho intramolecular Hbond substituents is 1. The van der Waals surface area contributed by atoms with Gasteiger partial charge in [0.05, 0.1) is 0 Å². The Morgan fingerprint density at radius 1 is 0.952 bits per heavy atom. The first-order valence-electron chi connectivity index (χ1n) is 6.64. The van der Waals surface area contributed by atoms with Gasteiger partial charge in [-0.25, -0.2) is 0 Å². The average Bonchev–Trinajstić information content (AvgIpc) is 2.98. The highest BCUT2D eigenvalue weighted by molar-refractivity contribution is 5.53. The molecule has 106 valence electrons. The largest absolute Gasteiger partial charge is 0.508 e. The fourth-order valence-corrected chi connectivity index (χ4v) is 2.02. The first kappa shape index (κ1) is 13.3. The zero-order chi connectivity index (χ0) is 14.7. The molecule has 3 rings (SSSR count). The molecule has 1 aromatic heterocycles. The minimum atomic E-state index is 0.243. The van der Waals surface area contributed by atoms with E-state index in [4.69, 9.17) is 10.3 Å². The molecule has 0 aliphatic heterocycles. The van der Waals surface area contributed by atoms with Gasteiger partial charge in [-0.3, -0.25) is 0 Å². The van der Waals surface area contributed by atoms with Crippen LogP contribution in [0.3, 0.4) is 0 Å². The van der Waals surface area contributed by atoms with E-state index < -0.39 is 0 Å². The molecule has 21 heavy (non-hydrogen) atoms. The molecule has 0 atom stereocenters. The van der Waals surface area contributed by atoms with E-state index in [0.717, 1.165) is 16.7 Å². The van der Waals surface area contributed by atoms with Crippen molar-refractivity contribution in [1.29, 1.82) is 0 Å². The van der Waals surface area contributed by atoms with E-state index in [2.05, 4.69) is 10.1 Å². The van der Waals surface area contributed by atoms with Gasteiger partial charge in [0.15, 0.2) is 5.82 Å². The maximum atomic E-state index is 9.26. The van der Waals surface area contributed by atoms with Crippen molar-refractivity contribution >= 4 is 0 Å². The second kappa shape index (κ2) is 5.76. The molecule has 0 spiro atoms. The van der Waals surface area contributed by atoms with Gasteiger partial charge in [0, 0.05) is 18.5 Å². The van der Waals surface area contributed by atoms with Gasteiger partial charge in [-0.15, -0.1) is 0 Å². The smallest absolute Gasteiger partial charge is 0.257 e. The summed E-state index contributed by atoms with van der Waals surface area (Å²) >= 11 is 0. The van der Waals surface area contributed by atoms with Gasteiger partial charge in [-0.05, 0) is 35.4 Å². The first-order chi connectivity index (χ1) is 10.2. The highest BCUT2D eigenvalue weighted by Crippen LogP contribution is 2.19. The molecule has 0 saturated heterocycles. The molecular formula is C16H15N3O2. The number of hydrogen-bond donors (Lipinski definition) is 2. The maximum Gasteiger partial charge on any atom is 0.257 e. The summed E-state index contributed by atoms with van der Waals surface area (Å²) in [6, 6.07) is 14.7. The lowest BCUT2D eigenvalue weighted by Gasteiger charge is -1.97. The summed E-state index contributed by atoms with van der Waals surface area (Å²) in [5.74, 6) is 1.35. The van der Waals surface area contributed by atoms with E-state index in [-0.39, 0.29) is 5.75 Å². The van der Waals surface area contributed by atoms with E-state index in [1.165, 1.54) is 0 Å². The highest BCUT2D eigenvalue weighted by atomic mass is 16.5. The van der Waals surface area contributed by atoms with Gasteiger partial charge in [-0.2, -0.15) is 4.98 Å². The molecule has 3 aromatic rings. The molecule has 0 aliphatic carbocycles. The number of aromatic hydroxyl groups is 1. The summed E-state index contributed by atoms with van der Waals surface area (Å²) in [5.41, 5.74) is 8.51. The van der Waals surface area contributed by atoms with Crippen LogP contribution < -0.4 is 5.73 Å². The van der Waals surface area contributed by atoms with Crippen LogP contribution in [0.1, 0.15) is 17.0 Å². The van der Waals surface area contributed by atoms with Crippen molar-refractivity contribution in [1.82, 2.24) is 10.1 Å². The number of benzene rings is 2. The van der Waals surface area contributed by atoms with Crippen molar-refractivity contribution in [2.75, 3.05) is 0 Å². The molecule has 0 radical (unpaired) electrons. The van der Waals surface area contributed by atoms with Crippen molar-refractivity contribution in [3.8, 4) is 17.2 Å². The van der Waals surface area contributed by atoms with Crippen molar-refractivity contribution in [3.05, 3.63) is 65.5 Å². The Morgan fingerprint density at radius 2 is 1.62 bits per heavy atom. The molecule has 1 heterocycles. The van der Waals surface area contributed by atoms with Crippen molar-refractivity contribution < 1.29 is 9.63 Å². The topological polar surface area (TPSA) is 85.2 Å². The minimum absolute atomic E-state index is 0.243. The predicted molar refractivity (Wildman–Crippen MR) is 78.5 cm³/mol. The van der Waals surface area contributed by atoms with Gasteiger partial charge >= 0.3 is 0 Å². The summed E-state index contributed by atoms with van der Waals surface area (Å²) in [6.07, 6.45) is 0.560. The zero-order valence-electron chi connectivity index (χ0n) is 11.4. The SMILES string of the molecule is NCc1ccc(-c2nc(Cc3ccc(O)cc3)no2)cc1. The third-order valence-corrected chi connectivity index (χ3v) is 3.20. The van der Waals surface area contributed by atoms with Crippen LogP contribution in [0.5, 0.6) is 5.75 Å². The Bertz CT molecular complexity index is 718. The molecule has 0 unspecified atom stereocenters. The van der Waals surface area contributed by atoms with Gasteiger partial charge in [0.1, 0.15) is 5.75 Å². The van der Waals surface area contributed by atoms with E-state index >= 15 is 0 Å². The van der Waals surface area contributed by atoms with E-state index in [9.17, 15) is 5.11 Å². The molecule has 5 nitrogen and oxygen atoms in total. The fourth-order valence-electron chi connectivity index (χ4n) is 2.02. The van der Waals surface area contributed by atoms with Gasteiger partial charge < -0.3 is 15.4 Å². The first-order valence-corrected chi connectivity index (χ1v) is 6.64. The summed E-state index contributed by atoms with van der Waals surface area (Å²) in [5, 5.41) is 13.2. The Balaban J connectivity index is 1.77. The third kappa shape index (κ3) is 3.09. The van der Waals surface area contributed by atoms with Crippen LogP contribution in [0.15, 0.2) is 53.1 Å². The van der Waals surface area contributed by atoms with Crippen LogP contribution in [0.4, 0.5) is 0 Å². The normalized spacial score (nSPS) is 10.7.